The number of aromatic nitrogens is 3. The minimum absolute atomic E-state index is 0.00742. The molecule has 12 heteroatoms. The van der Waals surface area contributed by atoms with Crippen LogP contribution in [-0.4, -0.2) is 82.0 Å². The summed E-state index contributed by atoms with van der Waals surface area (Å²) in [6.45, 7) is 2.93. The fourth-order valence-corrected chi connectivity index (χ4v) is 9.29. The standard InChI is InChI=1S/C38H37F3N6O3/c1-3-26-28(40)8-5-22-13-25(48)14-27(29(22)26)32-31(41)33-30(35(42-32)49-2)34(46-18-24-9-11-38(19-46,45-24)23-6-7-23)44-36(43-33)50-20-37-10-4-12-47(37)17-21(15-37)16-39/h1,5,8,13-14,16,23-24,45,48H,4,6-7,9-12,15,17-20H2,2H3/b21-16+/t24?,37-,38?/m0/s1. The molecule has 5 fully saturated rings. The molecule has 4 saturated heterocycles. The Morgan fingerprint density at radius 1 is 1.14 bits per heavy atom. The van der Waals surface area contributed by atoms with Gasteiger partial charge in [-0.05, 0) is 86.6 Å². The van der Waals surface area contributed by atoms with Gasteiger partial charge in [-0.15, -0.1) is 6.42 Å². The van der Waals surface area contributed by atoms with E-state index in [2.05, 4.69) is 31.0 Å². The molecule has 0 amide bonds. The average molecular weight is 683 g/mol. The molecule has 2 unspecified atom stereocenters. The van der Waals surface area contributed by atoms with Crippen molar-refractivity contribution in [2.24, 2.45) is 5.92 Å². The second-order valence-corrected chi connectivity index (χ2v) is 14.7. The summed E-state index contributed by atoms with van der Waals surface area (Å²) in [5, 5.41) is 15.5. The highest BCUT2D eigenvalue weighted by molar-refractivity contribution is 6.04. The summed E-state index contributed by atoms with van der Waals surface area (Å²) in [7, 11) is 1.45. The molecule has 1 aliphatic carbocycles. The number of anilines is 1. The minimum Gasteiger partial charge on any atom is -0.508 e. The SMILES string of the molecule is C#Cc1c(F)ccc2cc(O)cc(-c3nc(OC)c4c(N5CC6CCC(C7CC7)(C5)N6)nc(OC[C@@]56CCCN5C/C(=C/F)C6)nc4c3F)c12. The molecule has 0 spiro atoms. The van der Waals surface area contributed by atoms with Crippen molar-refractivity contribution in [3.05, 3.63) is 53.4 Å². The molecule has 3 atom stereocenters. The Morgan fingerprint density at radius 3 is 2.78 bits per heavy atom. The summed E-state index contributed by atoms with van der Waals surface area (Å²) in [6, 6.07) is 5.68. The lowest BCUT2D eigenvalue weighted by molar-refractivity contribution is 0.108. The van der Waals surface area contributed by atoms with Gasteiger partial charge < -0.3 is 24.8 Å². The maximum absolute atomic E-state index is 17.2. The number of phenolic OH excluding ortho intramolecular Hbond substituents is 1. The van der Waals surface area contributed by atoms with Crippen LogP contribution in [0.3, 0.4) is 0 Å². The Kier molecular flexibility index (Phi) is 7.20. The normalized spacial score (nSPS) is 27.0. The molecule has 1 saturated carbocycles. The van der Waals surface area contributed by atoms with E-state index in [4.69, 9.17) is 20.9 Å². The third-order valence-electron chi connectivity index (χ3n) is 11.7. The number of nitrogens with one attached hydrogen (secondary N) is 1. The number of aromatic hydroxyl groups is 1. The number of fused-ring (bicyclic) bond motifs is 5. The number of halogens is 3. The molecular weight excluding hydrogens is 645 g/mol. The molecule has 6 heterocycles. The lowest BCUT2D eigenvalue weighted by atomic mass is 9.90. The minimum atomic E-state index is -0.812. The van der Waals surface area contributed by atoms with Crippen molar-refractivity contribution in [1.82, 2.24) is 25.2 Å². The molecule has 2 N–H and O–H groups in total. The van der Waals surface area contributed by atoms with Gasteiger partial charge in [-0.2, -0.15) is 9.97 Å². The van der Waals surface area contributed by atoms with Crippen LogP contribution < -0.4 is 19.7 Å². The Bertz CT molecular complexity index is 2150. The molecule has 2 aromatic heterocycles. The predicted octanol–water partition coefficient (Wildman–Crippen LogP) is 6.01. The highest BCUT2D eigenvalue weighted by atomic mass is 19.1. The number of nitrogens with zero attached hydrogens (tertiary/aromatic N) is 5. The van der Waals surface area contributed by atoms with Crippen molar-refractivity contribution < 1.29 is 27.8 Å². The third-order valence-corrected chi connectivity index (χ3v) is 11.7. The number of terminal acetylenes is 1. The van der Waals surface area contributed by atoms with Gasteiger partial charge in [-0.25, -0.2) is 18.2 Å². The number of pyridine rings is 1. The van der Waals surface area contributed by atoms with Crippen LogP contribution in [0, 0.1) is 29.9 Å². The van der Waals surface area contributed by atoms with E-state index in [1.165, 1.54) is 44.2 Å². The van der Waals surface area contributed by atoms with E-state index >= 15 is 8.78 Å². The maximum atomic E-state index is 17.2. The summed E-state index contributed by atoms with van der Waals surface area (Å²) in [4.78, 5) is 18.7. The zero-order chi connectivity index (χ0) is 34.4. The van der Waals surface area contributed by atoms with E-state index in [1.54, 1.807) is 0 Å². The first kappa shape index (κ1) is 31.4. The van der Waals surface area contributed by atoms with Gasteiger partial charge in [0.15, 0.2) is 5.82 Å². The first-order valence-electron chi connectivity index (χ1n) is 17.3. The summed E-state index contributed by atoms with van der Waals surface area (Å²) >= 11 is 0. The van der Waals surface area contributed by atoms with Crippen molar-refractivity contribution in [1.29, 1.82) is 0 Å². The fraction of sp³-hybridized carbons (Fsp3) is 0.447. The number of hydrogen-bond acceptors (Lipinski definition) is 9. The number of ether oxygens (including phenoxy) is 2. The van der Waals surface area contributed by atoms with Gasteiger partial charge in [0.2, 0.25) is 5.88 Å². The van der Waals surface area contributed by atoms with Crippen LogP contribution in [0.15, 0.2) is 36.2 Å². The molecular formula is C38H37F3N6O3. The van der Waals surface area contributed by atoms with Crippen LogP contribution in [0.2, 0.25) is 0 Å². The van der Waals surface area contributed by atoms with E-state index in [1.807, 2.05) is 0 Å². The zero-order valence-corrected chi connectivity index (χ0v) is 27.7. The number of rotatable bonds is 7. The van der Waals surface area contributed by atoms with Crippen molar-refractivity contribution in [2.45, 2.75) is 62.1 Å². The quantitative estimate of drug-likeness (QED) is 0.227. The van der Waals surface area contributed by atoms with E-state index in [9.17, 15) is 9.50 Å². The van der Waals surface area contributed by atoms with Gasteiger partial charge in [-0.1, -0.05) is 12.0 Å². The molecule has 4 aliphatic heterocycles. The van der Waals surface area contributed by atoms with E-state index in [0.29, 0.717) is 54.9 Å². The molecule has 50 heavy (non-hydrogen) atoms. The van der Waals surface area contributed by atoms with Crippen LogP contribution >= 0.6 is 0 Å². The summed E-state index contributed by atoms with van der Waals surface area (Å²) in [5.74, 6) is 1.86. The van der Waals surface area contributed by atoms with Crippen LogP contribution in [0.4, 0.5) is 19.0 Å². The van der Waals surface area contributed by atoms with Gasteiger partial charge in [0.05, 0.1) is 24.5 Å². The lowest BCUT2D eigenvalue weighted by Gasteiger charge is -2.42. The number of phenols is 1. The smallest absolute Gasteiger partial charge is 0.319 e. The highest BCUT2D eigenvalue weighted by Crippen LogP contribution is 2.50. The number of piperazine rings is 1. The van der Waals surface area contributed by atoms with E-state index < -0.39 is 17.2 Å². The van der Waals surface area contributed by atoms with Crippen LogP contribution in [0.25, 0.3) is 32.9 Å². The molecule has 0 radical (unpaired) electrons. The van der Waals surface area contributed by atoms with E-state index in [0.717, 1.165) is 37.8 Å². The molecule has 9 rings (SSSR count). The topological polar surface area (TPSA) is 95.9 Å². The highest BCUT2D eigenvalue weighted by Gasteiger charge is 2.53. The van der Waals surface area contributed by atoms with Crippen molar-refractivity contribution in [3.63, 3.8) is 0 Å². The summed E-state index contributed by atoms with van der Waals surface area (Å²) in [5.41, 5.74) is 0.00226. The molecule has 4 aromatic rings. The molecule has 9 nitrogen and oxygen atoms in total. The predicted molar refractivity (Wildman–Crippen MR) is 183 cm³/mol. The van der Waals surface area contributed by atoms with Crippen LogP contribution in [-0.2, 0) is 0 Å². The largest absolute Gasteiger partial charge is 0.508 e. The first-order valence-corrected chi connectivity index (χ1v) is 17.3. The van der Waals surface area contributed by atoms with Crippen molar-refractivity contribution >= 4 is 27.5 Å². The third kappa shape index (κ3) is 4.81. The average Bonchev–Trinajstić information content (AvgIpc) is 3.74. The Hall–Kier alpha value is -4.60. The molecule has 2 aromatic carbocycles. The fourth-order valence-electron chi connectivity index (χ4n) is 9.29. The first-order chi connectivity index (χ1) is 24.2. The number of methoxy groups -OCH3 is 1. The Labute approximate surface area is 287 Å². The maximum Gasteiger partial charge on any atom is 0.319 e. The Balaban J connectivity index is 1.23. The van der Waals surface area contributed by atoms with Crippen molar-refractivity contribution in [2.75, 3.05) is 44.8 Å². The second-order valence-electron chi connectivity index (χ2n) is 14.7. The zero-order valence-electron chi connectivity index (χ0n) is 27.7. The van der Waals surface area contributed by atoms with Gasteiger partial charge in [-0.3, -0.25) is 4.90 Å². The van der Waals surface area contributed by atoms with Gasteiger partial charge in [0.25, 0.3) is 0 Å². The molecule has 258 valence electrons. The van der Waals surface area contributed by atoms with Crippen molar-refractivity contribution in [3.8, 4) is 41.2 Å². The number of hydrogen-bond donors (Lipinski definition) is 2. The second kappa shape index (κ2) is 11.5. The summed E-state index contributed by atoms with van der Waals surface area (Å²) < 4.78 is 58.2. The van der Waals surface area contributed by atoms with Crippen LogP contribution in [0.5, 0.6) is 17.6 Å². The van der Waals surface area contributed by atoms with Crippen LogP contribution in [0.1, 0.15) is 50.5 Å². The van der Waals surface area contributed by atoms with Gasteiger partial charge in [0, 0.05) is 42.2 Å². The molecule has 2 bridgehead atoms. The van der Waals surface area contributed by atoms with Gasteiger partial charge >= 0.3 is 6.01 Å². The van der Waals surface area contributed by atoms with Gasteiger partial charge in [0.1, 0.15) is 40.6 Å². The Morgan fingerprint density at radius 2 is 2.00 bits per heavy atom. The lowest BCUT2D eigenvalue weighted by Crippen LogP contribution is -2.61. The monoisotopic (exact) mass is 682 g/mol. The molecule has 5 aliphatic rings. The van der Waals surface area contributed by atoms with E-state index in [-0.39, 0.29) is 63.6 Å². The summed E-state index contributed by atoms with van der Waals surface area (Å²) in [6.07, 6.45) is 13.2. The number of benzene rings is 2.